The molecule has 1 aliphatic heterocycles. The van der Waals surface area contributed by atoms with Crippen molar-refractivity contribution in [2.24, 2.45) is 0 Å². The molecule has 2 amide bonds. The molecule has 0 fully saturated rings. The third kappa shape index (κ3) is 2.77. The molecule has 3 rings (SSSR count). The molecule has 2 aromatic carbocycles. The second kappa shape index (κ2) is 6.26. The molecule has 122 valence electrons. The van der Waals surface area contributed by atoms with Crippen LogP contribution in [0.15, 0.2) is 42.5 Å². The highest BCUT2D eigenvalue weighted by atomic mass is 35.5. The Balaban J connectivity index is 1.79. The monoisotopic (exact) mass is 363 g/mol. The molecule has 0 saturated heterocycles. The molecule has 0 spiro atoms. The summed E-state index contributed by atoms with van der Waals surface area (Å²) in [5.41, 5.74) is 0.973. The van der Waals surface area contributed by atoms with Crippen LogP contribution in [0.1, 0.15) is 39.1 Å². The zero-order valence-corrected chi connectivity index (χ0v) is 14.0. The summed E-state index contributed by atoms with van der Waals surface area (Å²) in [7, 11) is 0. The molecule has 1 heterocycles. The van der Waals surface area contributed by atoms with E-state index in [2.05, 4.69) is 0 Å². The first-order chi connectivity index (χ1) is 11.4. The first-order valence-corrected chi connectivity index (χ1v) is 7.80. The van der Waals surface area contributed by atoms with E-state index in [9.17, 15) is 14.4 Å². The van der Waals surface area contributed by atoms with Crippen molar-refractivity contribution < 1.29 is 19.2 Å². The summed E-state index contributed by atoms with van der Waals surface area (Å²) < 4.78 is 0. The topological polar surface area (TPSA) is 63.7 Å². The van der Waals surface area contributed by atoms with Crippen molar-refractivity contribution in [3.8, 4) is 0 Å². The van der Waals surface area contributed by atoms with Crippen LogP contribution in [0.5, 0.6) is 0 Å². The van der Waals surface area contributed by atoms with Gasteiger partial charge in [-0.05, 0) is 36.8 Å². The third-order valence-corrected chi connectivity index (χ3v) is 4.47. The summed E-state index contributed by atoms with van der Waals surface area (Å²) >= 11 is 11.8. The fourth-order valence-corrected chi connectivity index (χ4v) is 2.64. The lowest BCUT2D eigenvalue weighted by Crippen LogP contribution is -2.34. The molecule has 0 radical (unpaired) electrons. The number of imide groups is 1. The molecule has 5 nitrogen and oxygen atoms in total. The summed E-state index contributed by atoms with van der Waals surface area (Å²) in [6, 6.07) is 11.0. The summed E-state index contributed by atoms with van der Waals surface area (Å²) in [5, 5.41) is 1.15. The van der Waals surface area contributed by atoms with Crippen LogP contribution in [0.2, 0.25) is 10.0 Å². The van der Waals surface area contributed by atoms with Crippen molar-refractivity contribution in [3.63, 3.8) is 0 Å². The molecule has 0 N–H and O–H groups in total. The van der Waals surface area contributed by atoms with Gasteiger partial charge in [0.25, 0.3) is 11.8 Å². The van der Waals surface area contributed by atoms with Gasteiger partial charge in [-0.1, -0.05) is 46.5 Å². The van der Waals surface area contributed by atoms with Crippen LogP contribution in [-0.2, 0) is 9.63 Å². The van der Waals surface area contributed by atoms with Crippen LogP contribution in [-0.4, -0.2) is 22.8 Å². The molecular formula is C17H11Cl2NO4. The van der Waals surface area contributed by atoms with Gasteiger partial charge in [0, 0.05) is 0 Å². The van der Waals surface area contributed by atoms with Crippen molar-refractivity contribution in [2.45, 2.75) is 12.8 Å². The van der Waals surface area contributed by atoms with E-state index >= 15 is 0 Å². The number of hydroxylamine groups is 2. The van der Waals surface area contributed by atoms with Gasteiger partial charge in [0.05, 0.1) is 27.1 Å². The van der Waals surface area contributed by atoms with E-state index in [1.54, 1.807) is 31.2 Å². The van der Waals surface area contributed by atoms with Gasteiger partial charge < -0.3 is 4.84 Å². The van der Waals surface area contributed by atoms with Gasteiger partial charge in [-0.15, -0.1) is 0 Å². The van der Waals surface area contributed by atoms with Gasteiger partial charge in [0.15, 0.2) is 0 Å². The summed E-state index contributed by atoms with van der Waals surface area (Å²) in [4.78, 5) is 41.7. The van der Waals surface area contributed by atoms with Gasteiger partial charge in [0.2, 0.25) is 0 Å². The number of fused-ring (bicyclic) bond motifs is 1. The standard InChI is InChI=1S/C17H11Cl2NO4/c1-9(10-6-7-13(18)14(19)8-10)17(23)24-20-15(21)11-4-2-3-5-12(11)16(20)22/h2-9H,1H3. The number of carbonyl (C=O) groups is 3. The first-order valence-electron chi connectivity index (χ1n) is 7.04. The SMILES string of the molecule is CC(C(=O)ON1C(=O)c2ccccc2C1=O)c1ccc(Cl)c(Cl)c1. The van der Waals surface area contributed by atoms with Crippen molar-refractivity contribution in [3.05, 3.63) is 69.2 Å². The first kappa shape index (κ1) is 16.5. The highest BCUT2D eigenvalue weighted by Crippen LogP contribution is 2.28. The second-order valence-electron chi connectivity index (χ2n) is 5.26. The van der Waals surface area contributed by atoms with Crippen LogP contribution in [0.25, 0.3) is 0 Å². The predicted octanol–water partition coefficient (Wildman–Crippen LogP) is 3.85. The summed E-state index contributed by atoms with van der Waals surface area (Å²) in [6.07, 6.45) is 0. The van der Waals surface area contributed by atoms with Crippen molar-refractivity contribution in [1.29, 1.82) is 0 Å². The Morgan fingerprint density at radius 3 is 2.12 bits per heavy atom. The maximum atomic E-state index is 12.3. The Labute approximate surface area is 147 Å². The number of nitrogens with zero attached hydrogens (tertiary/aromatic N) is 1. The summed E-state index contributed by atoms with van der Waals surface area (Å²) in [5.74, 6) is -2.80. The molecule has 0 aromatic heterocycles. The third-order valence-electron chi connectivity index (χ3n) is 3.74. The lowest BCUT2D eigenvalue weighted by atomic mass is 10.0. The molecule has 1 unspecified atom stereocenters. The van der Waals surface area contributed by atoms with E-state index < -0.39 is 23.7 Å². The average molecular weight is 364 g/mol. The number of carbonyl (C=O) groups excluding carboxylic acids is 3. The Bertz CT molecular complexity index is 830. The van der Waals surface area contributed by atoms with E-state index in [1.807, 2.05) is 0 Å². The molecule has 0 bridgehead atoms. The predicted molar refractivity (Wildman–Crippen MR) is 87.9 cm³/mol. The fraction of sp³-hybridized carbons (Fsp3) is 0.118. The summed E-state index contributed by atoms with van der Waals surface area (Å²) in [6.45, 7) is 1.58. The Kier molecular flexibility index (Phi) is 4.30. The van der Waals surface area contributed by atoms with Crippen LogP contribution in [0.4, 0.5) is 0 Å². The van der Waals surface area contributed by atoms with E-state index in [-0.39, 0.29) is 11.1 Å². The second-order valence-corrected chi connectivity index (χ2v) is 6.07. The molecule has 1 aliphatic rings. The van der Waals surface area contributed by atoms with Crippen LogP contribution in [0.3, 0.4) is 0 Å². The van der Waals surface area contributed by atoms with Gasteiger partial charge >= 0.3 is 5.97 Å². The normalized spacial score (nSPS) is 14.5. The van der Waals surface area contributed by atoms with E-state index in [4.69, 9.17) is 28.0 Å². The number of hydrogen-bond acceptors (Lipinski definition) is 4. The van der Waals surface area contributed by atoms with Crippen LogP contribution in [0, 0.1) is 0 Å². The lowest BCUT2D eigenvalue weighted by molar-refractivity contribution is -0.170. The fourth-order valence-electron chi connectivity index (χ4n) is 2.34. The number of amides is 2. The molecule has 24 heavy (non-hydrogen) atoms. The molecule has 7 heteroatoms. The minimum Gasteiger partial charge on any atom is -0.329 e. The van der Waals surface area contributed by atoms with E-state index in [1.165, 1.54) is 18.2 Å². The van der Waals surface area contributed by atoms with E-state index in [0.29, 0.717) is 20.7 Å². The van der Waals surface area contributed by atoms with Crippen molar-refractivity contribution >= 4 is 41.0 Å². The Morgan fingerprint density at radius 1 is 1.00 bits per heavy atom. The van der Waals surface area contributed by atoms with Crippen molar-refractivity contribution in [1.82, 2.24) is 5.06 Å². The Hall–Kier alpha value is -2.37. The van der Waals surface area contributed by atoms with Gasteiger partial charge in [0.1, 0.15) is 0 Å². The lowest BCUT2D eigenvalue weighted by Gasteiger charge is -2.16. The molecule has 1 atom stereocenters. The number of hydrogen-bond donors (Lipinski definition) is 0. The smallest absolute Gasteiger partial charge is 0.329 e. The van der Waals surface area contributed by atoms with Gasteiger partial charge in [-0.25, -0.2) is 4.79 Å². The van der Waals surface area contributed by atoms with E-state index in [0.717, 1.165) is 0 Å². The Morgan fingerprint density at radius 2 is 1.58 bits per heavy atom. The molecule has 2 aromatic rings. The minimum absolute atomic E-state index is 0.206. The molecule has 0 saturated carbocycles. The van der Waals surface area contributed by atoms with Crippen LogP contribution < -0.4 is 0 Å². The highest BCUT2D eigenvalue weighted by molar-refractivity contribution is 6.42. The maximum Gasteiger partial charge on any atom is 0.340 e. The maximum absolute atomic E-state index is 12.3. The number of benzene rings is 2. The molecule has 0 aliphatic carbocycles. The zero-order chi connectivity index (χ0) is 17.4. The van der Waals surface area contributed by atoms with Crippen LogP contribution >= 0.6 is 23.2 Å². The quantitative estimate of drug-likeness (QED) is 0.776. The van der Waals surface area contributed by atoms with Crippen molar-refractivity contribution in [2.75, 3.05) is 0 Å². The van der Waals surface area contributed by atoms with Gasteiger partial charge in [-0.3, -0.25) is 9.59 Å². The number of halogens is 2. The average Bonchev–Trinajstić information content (AvgIpc) is 2.82. The zero-order valence-electron chi connectivity index (χ0n) is 12.5. The number of rotatable bonds is 3. The van der Waals surface area contributed by atoms with Gasteiger partial charge in [-0.2, -0.15) is 0 Å². The highest BCUT2D eigenvalue weighted by Gasteiger charge is 2.39. The minimum atomic E-state index is -0.747. The molecular weight excluding hydrogens is 353 g/mol. The largest absolute Gasteiger partial charge is 0.340 e.